The third-order valence-corrected chi connectivity index (χ3v) is 1.74. The van der Waals surface area contributed by atoms with E-state index in [0.29, 0.717) is 25.4 Å². The van der Waals surface area contributed by atoms with E-state index < -0.39 is 0 Å². The highest BCUT2D eigenvalue weighted by molar-refractivity contribution is 5.87. The van der Waals surface area contributed by atoms with Gasteiger partial charge in [0.2, 0.25) is 0 Å². The lowest BCUT2D eigenvalue weighted by Gasteiger charge is -2.01. The van der Waals surface area contributed by atoms with Crippen LogP contribution in [0.15, 0.2) is 35.5 Å². The molecule has 0 amide bonds. The Balaban J connectivity index is 2.38. The molecular weight excluding hydrogens is 178 g/mol. The van der Waals surface area contributed by atoms with Crippen LogP contribution in [0.1, 0.15) is 5.56 Å². The van der Waals surface area contributed by atoms with Crippen LogP contribution in [0.25, 0.3) is 0 Å². The van der Waals surface area contributed by atoms with Gasteiger partial charge in [0.1, 0.15) is 6.61 Å². The van der Waals surface area contributed by atoms with Gasteiger partial charge in [-0.1, -0.05) is 35.5 Å². The van der Waals surface area contributed by atoms with E-state index in [1.165, 1.54) is 0 Å². The van der Waals surface area contributed by atoms with Crippen molar-refractivity contribution in [1.82, 2.24) is 0 Å². The summed E-state index contributed by atoms with van der Waals surface area (Å²) in [4.78, 5) is 5.09. The summed E-state index contributed by atoms with van der Waals surface area (Å²) in [6, 6.07) is 9.81. The van der Waals surface area contributed by atoms with Crippen LogP contribution in [0.2, 0.25) is 0 Å². The van der Waals surface area contributed by atoms with E-state index in [-0.39, 0.29) is 0 Å². The normalized spacial score (nSPS) is 9.57. The average molecular weight is 193 g/mol. The smallest absolute Gasteiger partial charge is 0.142 e. The van der Waals surface area contributed by atoms with Gasteiger partial charge in [-0.15, -0.1) is 0 Å². The molecule has 0 aliphatic heterocycles. The van der Waals surface area contributed by atoms with E-state index >= 15 is 0 Å². The molecule has 0 spiro atoms. The van der Waals surface area contributed by atoms with Crippen molar-refractivity contribution in [1.29, 1.82) is 0 Å². The van der Waals surface area contributed by atoms with Gasteiger partial charge in [0, 0.05) is 13.1 Å². The van der Waals surface area contributed by atoms with Crippen molar-refractivity contribution in [2.24, 2.45) is 16.6 Å². The molecule has 0 saturated carbocycles. The third-order valence-electron chi connectivity index (χ3n) is 1.74. The average Bonchev–Trinajstić information content (AvgIpc) is 2.26. The zero-order chi connectivity index (χ0) is 10.2. The zero-order valence-corrected chi connectivity index (χ0v) is 8.02. The SMILES string of the molecule is NCC(CN)=NOCc1ccccc1. The van der Waals surface area contributed by atoms with Gasteiger partial charge in [0.25, 0.3) is 0 Å². The Morgan fingerprint density at radius 3 is 2.36 bits per heavy atom. The van der Waals surface area contributed by atoms with E-state index in [2.05, 4.69) is 5.16 Å². The summed E-state index contributed by atoms with van der Waals surface area (Å²) in [5.74, 6) is 0. The molecule has 1 rings (SSSR count). The number of oxime groups is 1. The van der Waals surface area contributed by atoms with Crippen molar-refractivity contribution in [3.05, 3.63) is 35.9 Å². The maximum atomic E-state index is 5.37. The van der Waals surface area contributed by atoms with Crippen molar-refractivity contribution in [3.8, 4) is 0 Å². The molecule has 1 aromatic rings. The maximum absolute atomic E-state index is 5.37. The highest BCUT2D eigenvalue weighted by Gasteiger charge is 1.93. The van der Waals surface area contributed by atoms with Crippen molar-refractivity contribution in [2.75, 3.05) is 13.1 Å². The fourth-order valence-corrected chi connectivity index (χ4v) is 0.930. The minimum atomic E-state index is 0.339. The fourth-order valence-electron chi connectivity index (χ4n) is 0.930. The molecule has 4 N–H and O–H groups in total. The first-order chi connectivity index (χ1) is 6.86. The molecule has 1 aromatic carbocycles. The van der Waals surface area contributed by atoms with Crippen LogP contribution < -0.4 is 11.5 Å². The van der Waals surface area contributed by atoms with Crippen LogP contribution >= 0.6 is 0 Å². The van der Waals surface area contributed by atoms with Gasteiger partial charge in [0.05, 0.1) is 5.71 Å². The number of nitrogens with two attached hydrogens (primary N) is 2. The molecule has 0 aliphatic rings. The lowest BCUT2D eigenvalue weighted by atomic mass is 10.2. The summed E-state index contributed by atoms with van der Waals surface area (Å²) < 4.78 is 0. The van der Waals surface area contributed by atoms with Gasteiger partial charge in [-0.25, -0.2) is 0 Å². The second-order valence-electron chi connectivity index (χ2n) is 2.82. The molecule has 0 aliphatic carbocycles. The van der Waals surface area contributed by atoms with E-state index in [9.17, 15) is 0 Å². The van der Waals surface area contributed by atoms with E-state index in [1.54, 1.807) is 0 Å². The number of nitrogens with zero attached hydrogens (tertiary/aromatic N) is 1. The lowest BCUT2D eigenvalue weighted by Crippen LogP contribution is -2.23. The number of benzene rings is 1. The molecule has 0 atom stereocenters. The van der Waals surface area contributed by atoms with Crippen molar-refractivity contribution in [3.63, 3.8) is 0 Å². The van der Waals surface area contributed by atoms with Crippen LogP contribution in [0.3, 0.4) is 0 Å². The Kier molecular flexibility index (Phi) is 4.68. The van der Waals surface area contributed by atoms with Gasteiger partial charge in [-0.2, -0.15) is 0 Å². The lowest BCUT2D eigenvalue weighted by molar-refractivity contribution is 0.130. The van der Waals surface area contributed by atoms with Crippen LogP contribution in [0, 0.1) is 0 Å². The highest BCUT2D eigenvalue weighted by Crippen LogP contribution is 2.00. The minimum Gasteiger partial charge on any atom is -0.391 e. The fraction of sp³-hybridized carbons (Fsp3) is 0.300. The molecule has 0 unspecified atom stereocenters. The van der Waals surface area contributed by atoms with Crippen LogP contribution in [-0.2, 0) is 11.4 Å². The second-order valence-corrected chi connectivity index (χ2v) is 2.82. The van der Waals surface area contributed by atoms with Crippen molar-refractivity contribution >= 4 is 5.71 Å². The molecule has 0 heterocycles. The van der Waals surface area contributed by atoms with E-state index in [4.69, 9.17) is 16.3 Å². The molecule has 0 aromatic heterocycles. The molecule has 0 radical (unpaired) electrons. The Labute approximate surface area is 83.5 Å². The summed E-state index contributed by atoms with van der Waals surface area (Å²) >= 11 is 0. The topological polar surface area (TPSA) is 73.6 Å². The van der Waals surface area contributed by atoms with Gasteiger partial charge in [-0.3, -0.25) is 0 Å². The zero-order valence-electron chi connectivity index (χ0n) is 8.02. The predicted octanol–water partition coefficient (Wildman–Crippen LogP) is 0.477. The summed E-state index contributed by atoms with van der Waals surface area (Å²) in [6.45, 7) is 1.13. The summed E-state index contributed by atoms with van der Waals surface area (Å²) in [5, 5.41) is 3.82. The summed E-state index contributed by atoms with van der Waals surface area (Å²) in [7, 11) is 0. The van der Waals surface area contributed by atoms with Gasteiger partial charge in [-0.05, 0) is 5.56 Å². The molecule has 4 heteroatoms. The maximum Gasteiger partial charge on any atom is 0.142 e. The molecule has 0 fully saturated rings. The van der Waals surface area contributed by atoms with E-state index in [1.807, 2.05) is 30.3 Å². The summed E-state index contributed by atoms with van der Waals surface area (Å²) in [6.07, 6.45) is 0. The first-order valence-corrected chi connectivity index (χ1v) is 4.48. The van der Waals surface area contributed by atoms with E-state index in [0.717, 1.165) is 5.56 Å². The highest BCUT2D eigenvalue weighted by atomic mass is 16.6. The first kappa shape index (κ1) is 10.7. The minimum absolute atomic E-state index is 0.339. The monoisotopic (exact) mass is 193 g/mol. The van der Waals surface area contributed by atoms with Gasteiger partial charge >= 0.3 is 0 Å². The summed E-state index contributed by atoms with van der Waals surface area (Å²) in [5.41, 5.74) is 12.5. The Morgan fingerprint density at radius 2 is 1.79 bits per heavy atom. The van der Waals surface area contributed by atoms with Gasteiger partial charge in [0.15, 0.2) is 0 Å². The number of hydrogen-bond donors (Lipinski definition) is 2. The number of hydrogen-bond acceptors (Lipinski definition) is 4. The largest absolute Gasteiger partial charge is 0.391 e. The number of rotatable bonds is 5. The molecule has 14 heavy (non-hydrogen) atoms. The predicted molar refractivity (Wildman–Crippen MR) is 56.8 cm³/mol. The van der Waals surface area contributed by atoms with Crippen molar-refractivity contribution in [2.45, 2.75) is 6.61 Å². The molecule has 0 saturated heterocycles. The van der Waals surface area contributed by atoms with Crippen LogP contribution in [0.5, 0.6) is 0 Å². The Bertz CT molecular complexity index is 279. The van der Waals surface area contributed by atoms with Crippen molar-refractivity contribution < 1.29 is 4.84 Å². The Hall–Kier alpha value is -1.39. The molecule has 76 valence electrons. The second kappa shape index (κ2) is 6.12. The van der Waals surface area contributed by atoms with Crippen LogP contribution in [-0.4, -0.2) is 18.8 Å². The first-order valence-electron chi connectivity index (χ1n) is 4.48. The quantitative estimate of drug-likeness (QED) is 0.527. The van der Waals surface area contributed by atoms with Gasteiger partial charge < -0.3 is 16.3 Å². The molecule has 0 bridgehead atoms. The standard InChI is InChI=1S/C10H15N3O/c11-6-10(7-12)13-14-8-9-4-2-1-3-5-9/h1-5H,6-8,11-12H2. The van der Waals surface area contributed by atoms with Crippen LogP contribution in [0.4, 0.5) is 0 Å². The molecular formula is C10H15N3O. The third kappa shape index (κ3) is 3.55. The Morgan fingerprint density at radius 1 is 1.14 bits per heavy atom. The molecule has 4 nitrogen and oxygen atoms in total.